The molecule has 13 heavy (non-hydrogen) atoms. The number of carbonyl (C=O) groups excluding carboxylic acids is 1. The zero-order valence-electron chi connectivity index (χ0n) is 8.67. The lowest BCUT2D eigenvalue weighted by atomic mass is 10.0. The van der Waals surface area contributed by atoms with Gasteiger partial charge in [-0.15, -0.1) is 0 Å². The van der Waals surface area contributed by atoms with Crippen molar-refractivity contribution in [3.63, 3.8) is 0 Å². The second-order valence-electron chi connectivity index (χ2n) is 3.60. The second kappa shape index (κ2) is 9.72. The van der Waals surface area contributed by atoms with E-state index in [9.17, 15) is 9.90 Å². The van der Waals surface area contributed by atoms with Gasteiger partial charge in [0.25, 0.3) is 0 Å². The third-order valence-corrected chi connectivity index (χ3v) is 2.25. The van der Waals surface area contributed by atoms with E-state index in [1.54, 1.807) is 0 Å². The maximum Gasteiger partial charge on any atom is 0.119 e. The molecule has 0 spiro atoms. The topological polar surface area (TPSA) is 37.3 Å². The molecule has 0 aromatic heterocycles. The van der Waals surface area contributed by atoms with Crippen LogP contribution in [-0.4, -0.2) is 17.5 Å². The molecule has 1 unspecified atom stereocenters. The van der Waals surface area contributed by atoms with Crippen LogP contribution >= 0.6 is 0 Å². The normalized spacial score (nSPS) is 12.8. The van der Waals surface area contributed by atoms with Gasteiger partial charge in [0.1, 0.15) is 6.29 Å². The lowest BCUT2D eigenvalue weighted by molar-refractivity contribution is -0.107. The van der Waals surface area contributed by atoms with Crippen molar-refractivity contribution < 1.29 is 9.90 Å². The summed E-state index contributed by atoms with van der Waals surface area (Å²) >= 11 is 0. The highest BCUT2D eigenvalue weighted by atomic mass is 16.3. The summed E-state index contributed by atoms with van der Waals surface area (Å²) in [5.41, 5.74) is 0. The Morgan fingerprint density at radius 2 is 1.85 bits per heavy atom. The summed E-state index contributed by atoms with van der Waals surface area (Å²) in [6, 6.07) is 0. The number of aliphatic hydroxyl groups is 1. The summed E-state index contributed by atoms with van der Waals surface area (Å²) in [6.45, 7) is 2.14. The number of hydrogen-bond donors (Lipinski definition) is 1. The zero-order chi connectivity index (χ0) is 9.94. The molecule has 0 amide bonds. The van der Waals surface area contributed by atoms with Crippen LogP contribution < -0.4 is 0 Å². The van der Waals surface area contributed by atoms with E-state index in [4.69, 9.17) is 0 Å². The minimum Gasteiger partial charge on any atom is -0.393 e. The standard InChI is InChI=1S/C11H22O2/c1-2-3-8-11(13)9-6-4-5-7-10-12/h10-11,13H,2-9H2,1H3. The van der Waals surface area contributed by atoms with E-state index in [1.807, 2.05) is 0 Å². The van der Waals surface area contributed by atoms with Crippen LogP contribution in [0.3, 0.4) is 0 Å². The van der Waals surface area contributed by atoms with E-state index >= 15 is 0 Å². The molecule has 0 rings (SSSR count). The van der Waals surface area contributed by atoms with Gasteiger partial charge in [-0.2, -0.15) is 0 Å². The van der Waals surface area contributed by atoms with Gasteiger partial charge in [-0.3, -0.25) is 0 Å². The molecule has 0 bridgehead atoms. The molecule has 2 heteroatoms. The van der Waals surface area contributed by atoms with E-state index in [2.05, 4.69) is 6.92 Å². The van der Waals surface area contributed by atoms with Gasteiger partial charge in [0, 0.05) is 6.42 Å². The van der Waals surface area contributed by atoms with Gasteiger partial charge >= 0.3 is 0 Å². The molecule has 0 saturated heterocycles. The van der Waals surface area contributed by atoms with Crippen LogP contribution in [-0.2, 0) is 4.79 Å². The average Bonchev–Trinajstić information content (AvgIpc) is 2.14. The van der Waals surface area contributed by atoms with Gasteiger partial charge in [-0.1, -0.05) is 32.6 Å². The van der Waals surface area contributed by atoms with E-state index in [0.717, 1.165) is 51.2 Å². The van der Waals surface area contributed by atoms with E-state index < -0.39 is 0 Å². The van der Waals surface area contributed by atoms with E-state index in [1.165, 1.54) is 0 Å². The highest BCUT2D eigenvalue weighted by Gasteiger charge is 2.02. The van der Waals surface area contributed by atoms with Crippen LogP contribution in [0.25, 0.3) is 0 Å². The number of carbonyl (C=O) groups is 1. The number of unbranched alkanes of at least 4 members (excludes halogenated alkanes) is 4. The molecule has 0 aliphatic rings. The van der Waals surface area contributed by atoms with Crippen molar-refractivity contribution in [3.8, 4) is 0 Å². The highest BCUT2D eigenvalue weighted by Crippen LogP contribution is 2.09. The van der Waals surface area contributed by atoms with Gasteiger partial charge in [0.15, 0.2) is 0 Å². The first-order chi connectivity index (χ1) is 6.31. The summed E-state index contributed by atoms with van der Waals surface area (Å²) < 4.78 is 0. The average molecular weight is 186 g/mol. The molecule has 0 aliphatic carbocycles. The number of hydrogen-bond acceptors (Lipinski definition) is 2. The van der Waals surface area contributed by atoms with Crippen molar-refractivity contribution in [3.05, 3.63) is 0 Å². The predicted octanol–water partition coefficient (Wildman–Crippen LogP) is 2.69. The van der Waals surface area contributed by atoms with Crippen molar-refractivity contribution in [1.29, 1.82) is 0 Å². The number of aliphatic hydroxyl groups excluding tert-OH is 1. The molecule has 1 atom stereocenters. The fourth-order valence-corrected chi connectivity index (χ4v) is 1.37. The van der Waals surface area contributed by atoms with Crippen LogP contribution in [0.4, 0.5) is 0 Å². The lowest BCUT2D eigenvalue weighted by Gasteiger charge is -2.08. The summed E-state index contributed by atoms with van der Waals surface area (Å²) in [4.78, 5) is 9.99. The minimum absolute atomic E-state index is 0.115. The first-order valence-electron chi connectivity index (χ1n) is 5.43. The summed E-state index contributed by atoms with van der Waals surface area (Å²) in [5, 5.41) is 9.47. The molecule has 0 radical (unpaired) electrons. The third-order valence-electron chi connectivity index (χ3n) is 2.25. The minimum atomic E-state index is -0.115. The van der Waals surface area contributed by atoms with Crippen molar-refractivity contribution >= 4 is 6.29 Å². The SMILES string of the molecule is CCCCC(O)CCCCCC=O. The molecule has 0 saturated carbocycles. The Balaban J connectivity index is 3.07. The Hall–Kier alpha value is -0.370. The quantitative estimate of drug-likeness (QED) is 0.444. The molecule has 0 aromatic rings. The summed E-state index contributed by atoms with van der Waals surface area (Å²) in [7, 11) is 0. The van der Waals surface area contributed by atoms with Crippen LogP contribution in [0.5, 0.6) is 0 Å². The van der Waals surface area contributed by atoms with E-state index in [0.29, 0.717) is 6.42 Å². The molecule has 1 N–H and O–H groups in total. The first-order valence-corrected chi connectivity index (χ1v) is 5.43. The number of aldehydes is 1. The van der Waals surface area contributed by atoms with Crippen LogP contribution in [0.15, 0.2) is 0 Å². The fourth-order valence-electron chi connectivity index (χ4n) is 1.37. The van der Waals surface area contributed by atoms with E-state index in [-0.39, 0.29) is 6.10 Å². The Morgan fingerprint density at radius 1 is 1.15 bits per heavy atom. The monoisotopic (exact) mass is 186 g/mol. The lowest BCUT2D eigenvalue weighted by Crippen LogP contribution is -2.05. The molecular weight excluding hydrogens is 164 g/mol. The Kier molecular flexibility index (Phi) is 9.44. The summed E-state index contributed by atoms with van der Waals surface area (Å²) in [6.07, 6.45) is 8.74. The van der Waals surface area contributed by atoms with Gasteiger partial charge in [-0.25, -0.2) is 0 Å². The Bertz CT molecular complexity index is 113. The third kappa shape index (κ3) is 9.54. The van der Waals surface area contributed by atoms with Gasteiger partial charge in [0.05, 0.1) is 6.10 Å². The highest BCUT2D eigenvalue weighted by molar-refractivity contribution is 5.48. The van der Waals surface area contributed by atoms with Gasteiger partial charge in [-0.05, 0) is 19.3 Å². The molecular formula is C11H22O2. The number of rotatable bonds is 9. The molecule has 0 heterocycles. The fraction of sp³-hybridized carbons (Fsp3) is 0.909. The Labute approximate surface area is 81.3 Å². The maximum atomic E-state index is 9.99. The van der Waals surface area contributed by atoms with Gasteiger partial charge < -0.3 is 9.90 Å². The zero-order valence-corrected chi connectivity index (χ0v) is 8.67. The van der Waals surface area contributed by atoms with Gasteiger partial charge in [0.2, 0.25) is 0 Å². The van der Waals surface area contributed by atoms with Crippen molar-refractivity contribution in [2.24, 2.45) is 0 Å². The summed E-state index contributed by atoms with van der Waals surface area (Å²) in [5.74, 6) is 0. The maximum absolute atomic E-state index is 9.99. The molecule has 0 fully saturated rings. The smallest absolute Gasteiger partial charge is 0.119 e. The Morgan fingerprint density at radius 3 is 2.46 bits per heavy atom. The molecule has 0 aromatic carbocycles. The van der Waals surface area contributed by atoms with Crippen molar-refractivity contribution in [2.45, 2.75) is 64.4 Å². The van der Waals surface area contributed by atoms with Crippen molar-refractivity contribution in [2.75, 3.05) is 0 Å². The van der Waals surface area contributed by atoms with Crippen LogP contribution in [0, 0.1) is 0 Å². The largest absolute Gasteiger partial charge is 0.393 e. The van der Waals surface area contributed by atoms with Crippen molar-refractivity contribution in [1.82, 2.24) is 0 Å². The first kappa shape index (κ1) is 12.6. The molecule has 78 valence electrons. The molecule has 0 aliphatic heterocycles. The predicted molar refractivity (Wildman–Crippen MR) is 54.7 cm³/mol. The van der Waals surface area contributed by atoms with Crippen LogP contribution in [0.2, 0.25) is 0 Å². The van der Waals surface area contributed by atoms with Crippen LogP contribution in [0.1, 0.15) is 58.3 Å². The second-order valence-corrected chi connectivity index (χ2v) is 3.60. The molecule has 2 nitrogen and oxygen atoms in total.